The van der Waals surface area contributed by atoms with Gasteiger partial charge in [-0.05, 0) is 71.5 Å². The van der Waals surface area contributed by atoms with Crippen molar-refractivity contribution in [3.05, 3.63) is 79.5 Å². The summed E-state index contributed by atoms with van der Waals surface area (Å²) in [6.07, 6.45) is -0.869. The first-order valence-corrected chi connectivity index (χ1v) is 9.63. The number of aryl methyl sites for hydroxylation is 1. The minimum absolute atomic E-state index is 0.370. The molecule has 0 aliphatic carbocycles. The van der Waals surface area contributed by atoms with Crippen molar-refractivity contribution in [1.82, 2.24) is 9.78 Å². The molecule has 0 spiro atoms. The van der Waals surface area contributed by atoms with Crippen molar-refractivity contribution >= 4 is 39.8 Å². The first-order valence-electron chi connectivity index (χ1n) is 8.18. The number of ether oxygens (including phenoxy) is 1. The topological polar surface area (TPSA) is 76.9 Å². The van der Waals surface area contributed by atoms with Crippen LogP contribution in [0.3, 0.4) is 0 Å². The number of halogens is 2. The first kappa shape index (κ1) is 18.0. The maximum Gasteiger partial charge on any atom is 0.226 e. The highest BCUT2D eigenvalue weighted by molar-refractivity contribution is 14.1. The Balaban J connectivity index is 1.97. The molecule has 0 saturated heterocycles. The molecule has 7 heteroatoms. The van der Waals surface area contributed by atoms with Gasteiger partial charge in [-0.15, -0.1) is 0 Å². The van der Waals surface area contributed by atoms with Crippen LogP contribution in [0.2, 0.25) is 5.02 Å². The predicted octanol–water partition coefficient (Wildman–Crippen LogP) is 4.44. The summed E-state index contributed by atoms with van der Waals surface area (Å²) in [4.78, 5) is 0. The van der Waals surface area contributed by atoms with Gasteiger partial charge in [0, 0.05) is 14.2 Å². The van der Waals surface area contributed by atoms with E-state index >= 15 is 0 Å². The molecule has 1 aliphatic heterocycles. The Hall–Kier alpha value is -2.34. The fraction of sp³-hybridized carbons (Fsp3) is 0.100. The third-order valence-corrected chi connectivity index (χ3v) is 5.36. The lowest BCUT2D eigenvalue weighted by Crippen LogP contribution is -2.33. The second-order valence-electron chi connectivity index (χ2n) is 6.10. The highest BCUT2D eigenvalue weighted by atomic mass is 127. The number of hydrogen-bond acceptors (Lipinski definition) is 4. The van der Waals surface area contributed by atoms with E-state index in [-0.39, 0.29) is 0 Å². The minimum atomic E-state index is -0.869. The molecule has 2 N–H and O–H groups in total. The van der Waals surface area contributed by atoms with E-state index in [1.165, 1.54) is 0 Å². The van der Waals surface area contributed by atoms with Crippen molar-refractivity contribution in [2.45, 2.75) is 13.2 Å². The Bertz CT molecular complexity index is 1090. The molecule has 0 saturated carbocycles. The molecule has 1 aromatic heterocycles. The predicted molar refractivity (Wildman–Crippen MR) is 113 cm³/mol. The Morgan fingerprint density at radius 2 is 1.85 bits per heavy atom. The summed E-state index contributed by atoms with van der Waals surface area (Å²) >= 11 is 8.28. The molecule has 134 valence electrons. The molecule has 4 rings (SSSR count). The second-order valence-corrected chi connectivity index (χ2v) is 7.78. The zero-order chi connectivity index (χ0) is 19.1. The van der Waals surface area contributed by atoms with Gasteiger partial charge in [0.15, 0.2) is 6.23 Å². The standard InChI is InChI=1S/C20H14ClIN4O/c1-11-17-18(12-2-4-13(21)5-3-12)16(10-23)19(24)27-20(17)26(25-11)15-8-6-14(22)7-9-15/h2-9,19H,24H2,1H3. The number of nitrogens with two attached hydrogens (primary N) is 1. The normalized spacial score (nSPS) is 15.9. The third-order valence-electron chi connectivity index (χ3n) is 4.39. The summed E-state index contributed by atoms with van der Waals surface area (Å²) in [6, 6.07) is 17.5. The van der Waals surface area contributed by atoms with Crippen LogP contribution in [-0.2, 0) is 0 Å². The molecule has 2 aromatic carbocycles. The molecular formula is C20H14ClIN4O. The largest absolute Gasteiger partial charge is 0.453 e. The van der Waals surface area contributed by atoms with E-state index in [2.05, 4.69) is 33.8 Å². The molecule has 27 heavy (non-hydrogen) atoms. The molecule has 1 aliphatic rings. The van der Waals surface area contributed by atoms with Gasteiger partial charge in [-0.1, -0.05) is 23.7 Å². The monoisotopic (exact) mass is 488 g/mol. The molecule has 0 radical (unpaired) electrons. The summed E-state index contributed by atoms with van der Waals surface area (Å²) in [6.45, 7) is 1.90. The van der Waals surface area contributed by atoms with Crippen LogP contribution in [0, 0.1) is 21.8 Å². The molecule has 2 heterocycles. The van der Waals surface area contributed by atoms with Crippen molar-refractivity contribution in [3.63, 3.8) is 0 Å². The lowest BCUT2D eigenvalue weighted by molar-refractivity contribution is 0.228. The number of nitrogens with zero attached hydrogens (tertiary/aromatic N) is 3. The number of benzene rings is 2. The van der Waals surface area contributed by atoms with Crippen molar-refractivity contribution < 1.29 is 4.74 Å². The average Bonchev–Trinajstić information content (AvgIpc) is 2.98. The Kier molecular flexibility index (Phi) is 4.68. The average molecular weight is 489 g/mol. The number of nitriles is 1. The fourth-order valence-corrected chi connectivity index (χ4v) is 3.64. The highest BCUT2D eigenvalue weighted by Gasteiger charge is 2.33. The van der Waals surface area contributed by atoms with E-state index in [1.54, 1.807) is 16.8 Å². The third kappa shape index (κ3) is 3.12. The SMILES string of the molecule is Cc1nn(-c2ccc(I)cc2)c2c1C(c1ccc(Cl)cc1)=C(C#N)C(N)O2. The van der Waals surface area contributed by atoms with Crippen LogP contribution in [0.4, 0.5) is 0 Å². The minimum Gasteiger partial charge on any atom is -0.453 e. The van der Waals surface area contributed by atoms with Crippen LogP contribution in [0.25, 0.3) is 11.3 Å². The summed E-state index contributed by atoms with van der Waals surface area (Å²) in [5.74, 6) is 0.533. The van der Waals surface area contributed by atoms with Gasteiger partial charge in [-0.25, -0.2) is 4.68 Å². The van der Waals surface area contributed by atoms with Gasteiger partial charge in [0.05, 0.1) is 22.5 Å². The summed E-state index contributed by atoms with van der Waals surface area (Å²) in [7, 11) is 0. The van der Waals surface area contributed by atoms with Gasteiger partial charge < -0.3 is 4.74 Å². The van der Waals surface area contributed by atoms with Crippen LogP contribution < -0.4 is 10.5 Å². The van der Waals surface area contributed by atoms with Crippen molar-refractivity contribution in [2.75, 3.05) is 0 Å². The van der Waals surface area contributed by atoms with Gasteiger partial charge in [-0.3, -0.25) is 5.73 Å². The Morgan fingerprint density at radius 1 is 1.19 bits per heavy atom. The van der Waals surface area contributed by atoms with Crippen molar-refractivity contribution in [1.29, 1.82) is 5.26 Å². The second kappa shape index (κ2) is 7.00. The van der Waals surface area contributed by atoms with Crippen molar-refractivity contribution in [2.24, 2.45) is 5.73 Å². The molecule has 0 amide bonds. The molecular weight excluding hydrogens is 475 g/mol. The Morgan fingerprint density at radius 3 is 2.48 bits per heavy atom. The summed E-state index contributed by atoms with van der Waals surface area (Å²) in [5, 5.41) is 15.0. The lowest BCUT2D eigenvalue weighted by atomic mass is 9.91. The summed E-state index contributed by atoms with van der Waals surface area (Å²) < 4.78 is 8.77. The molecule has 1 unspecified atom stereocenters. The van der Waals surface area contributed by atoms with E-state index in [0.717, 1.165) is 31.7 Å². The van der Waals surface area contributed by atoms with Crippen molar-refractivity contribution in [3.8, 4) is 17.6 Å². The van der Waals surface area contributed by atoms with Gasteiger partial charge in [0.1, 0.15) is 6.07 Å². The van der Waals surface area contributed by atoms with Gasteiger partial charge >= 0.3 is 0 Å². The van der Waals surface area contributed by atoms with Crippen LogP contribution >= 0.6 is 34.2 Å². The van der Waals surface area contributed by atoms with E-state index in [4.69, 9.17) is 22.1 Å². The summed E-state index contributed by atoms with van der Waals surface area (Å²) in [5.41, 5.74) is 10.5. The first-order chi connectivity index (χ1) is 13.0. The van der Waals surface area contributed by atoms with E-state index < -0.39 is 6.23 Å². The number of rotatable bonds is 2. The van der Waals surface area contributed by atoms with Crippen LogP contribution in [0.1, 0.15) is 16.8 Å². The van der Waals surface area contributed by atoms with E-state index in [9.17, 15) is 5.26 Å². The number of aromatic nitrogens is 2. The Labute approximate surface area is 175 Å². The number of fused-ring (bicyclic) bond motifs is 1. The smallest absolute Gasteiger partial charge is 0.226 e. The zero-order valence-electron chi connectivity index (χ0n) is 14.3. The zero-order valence-corrected chi connectivity index (χ0v) is 17.2. The van der Waals surface area contributed by atoms with Crippen LogP contribution in [0.15, 0.2) is 54.1 Å². The van der Waals surface area contributed by atoms with E-state index in [0.29, 0.717) is 16.5 Å². The van der Waals surface area contributed by atoms with Gasteiger partial charge in [-0.2, -0.15) is 10.4 Å². The maximum absolute atomic E-state index is 9.70. The van der Waals surface area contributed by atoms with Gasteiger partial charge in [0.2, 0.25) is 5.88 Å². The highest BCUT2D eigenvalue weighted by Crippen LogP contribution is 2.42. The molecule has 0 bridgehead atoms. The quantitative estimate of drug-likeness (QED) is 0.541. The molecule has 1 atom stereocenters. The fourth-order valence-electron chi connectivity index (χ4n) is 3.15. The van der Waals surface area contributed by atoms with Gasteiger partial charge in [0.25, 0.3) is 0 Å². The molecule has 3 aromatic rings. The van der Waals surface area contributed by atoms with Crippen LogP contribution in [-0.4, -0.2) is 16.0 Å². The maximum atomic E-state index is 9.70. The number of hydrogen-bond donors (Lipinski definition) is 1. The molecule has 5 nitrogen and oxygen atoms in total. The lowest BCUT2D eigenvalue weighted by Gasteiger charge is -2.24. The van der Waals surface area contributed by atoms with Crippen LogP contribution in [0.5, 0.6) is 5.88 Å². The molecule has 0 fully saturated rings. The van der Waals surface area contributed by atoms with E-state index in [1.807, 2.05) is 43.3 Å².